The average molecular weight is 260 g/mol. The van der Waals surface area contributed by atoms with Crippen LogP contribution >= 0.6 is 0 Å². The van der Waals surface area contributed by atoms with Crippen molar-refractivity contribution in [1.29, 1.82) is 0 Å². The molecule has 2 aliphatic carbocycles. The van der Waals surface area contributed by atoms with E-state index in [1.54, 1.807) is 0 Å². The van der Waals surface area contributed by atoms with Crippen molar-refractivity contribution in [3.63, 3.8) is 0 Å². The number of hydrogen-bond donors (Lipinski definition) is 0. The Morgan fingerprint density at radius 3 is 2.84 bits per heavy atom. The summed E-state index contributed by atoms with van der Waals surface area (Å²) >= 11 is 0. The highest BCUT2D eigenvalue weighted by molar-refractivity contribution is 5.66. The summed E-state index contributed by atoms with van der Waals surface area (Å²) in [7, 11) is 0. The predicted octanol–water partition coefficient (Wildman–Crippen LogP) is 2.94. The second-order valence-electron chi connectivity index (χ2n) is 5.84. The fraction of sp³-hybridized carbons (Fsp3) is 0.562. The van der Waals surface area contributed by atoms with Gasteiger partial charge in [0, 0.05) is 18.3 Å². The standard InChI is InChI=1S/C16H20O3/c1-12(17)19-15-7-8-16(9-14(15)16)11-18-10-13-5-3-2-4-6-13/h2-6,14-15H,7-11H2,1H3/t14-,15-,16-/m0/s1. The summed E-state index contributed by atoms with van der Waals surface area (Å²) in [5, 5.41) is 0. The predicted molar refractivity (Wildman–Crippen MR) is 71.4 cm³/mol. The van der Waals surface area contributed by atoms with Crippen LogP contribution < -0.4 is 0 Å². The summed E-state index contributed by atoms with van der Waals surface area (Å²) < 4.78 is 11.2. The minimum Gasteiger partial charge on any atom is -0.462 e. The number of hydrogen-bond acceptors (Lipinski definition) is 3. The molecule has 1 aromatic rings. The van der Waals surface area contributed by atoms with Gasteiger partial charge in [0.25, 0.3) is 0 Å². The normalized spacial score (nSPS) is 31.8. The van der Waals surface area contributed by atoms with E-state index >= 15 is 0 Å². The SMILES string of the molecule is CC(=O)O[C@H]1CC[C@@]2(COCc3ccccc3)C[C@@H]12. The number of benzene rings is 1. The van der Waals surface area contributed by atoms with Crippen molar-refractivity contribution in [2.45, 2.75) is 38.9 Å². The average Bonchev–Trinajstić information content (AvgIpc) is 3.02. The van der Waals surface area contributed by atoms with Gasteiger partial charge in [0.2, 0.25) is 0 Å². The first-order valence-electron chi connectivity index (χ1n) is 6.98. The van der Waals surface area contributed by atoms with Crippen LogP contribution in [-0.2, 0) is 20.9 Å². The van der Waals surface area contributed by atoms with E-state index in [-0.39, 0.29) is 12.1 Å². The topological polar surface area (TPSA) is 35.5 Å². The molecule has 2 fully saturated rings. The number of esters is 1. The second-order valence-corrected chi connectivity index (χ2v) is 5.84. The number of fused-ring (bicyclic) bond motifs is 1. The third-order valence-corrected chi connectivity index (χ3v) is 4.45. The highest BCUT2D eigenvalue weighted by atomic mass is 16.5. The Kier molecular flexibility index (Phi) is 3.31. The van der Waals surface area contributed by atoms with Crippen molar-refractivity contribution in [3.05, 3.63) is 35.9 Å². The zero-order chi connectivity index (χ0) is 13.3. The van der Waals surface area contributed by atoms with Crippen molar-refractivity contribution in [2.75, 3.05) is 6.61 Å². The molecule has 0 amide bonds. The maximum atomic E-state index is 11.0. The summed E-state index contributed by atoms with van der Waals surface area (Å²) in [6.07, 6.45) is 3.42. The molecule has 3 atom stereocenters. The zero-order valence-electron chi connectivity index (χ0n) is 11.3. The maximum Gasteiger partial charge on any atom is 0.302 e. The lowest BCUT2D eigenvalue weighted by Gasteiger charge is -2.12. The van der Waals surface area contributed by atoms with E-state index in [4.69, 9.17) is 9.47 Å². The van der Waals surface area contributed by atoms with Crippen LogP contribution in [0.2, 0.25) is 0 Å². The number of ether oxygens (including phenoxy) is 2. The molecule has 2 saturated carbocycles. The number of rotatable bonds is 5. The largest absolute Gasteiger partial charge is 0.462 e. The van der Waals surface area contributed by atoms with E-state index in [0.29, 0.717) is 17.9 Å². The quantitative estimate of drug-likeness (QED) is 0.764. The molecular weight excluding hydrogens is 240 g/mol. The molecule has 1 aromatic carbocycles. The first-order chi connectivity index (χ1) is 9.20. The number of carbonyl (C=O) groups excluding carboxylic acids is 1. The lowest BCUT2D eigenvalue weighted by Crippen LogP contribution is -2.16. The molecule has 102 valence electrons. The second kappa shape index (κ2) is 4.97. The van der Waals surface area contributed by atoms with Crippen LogP contribution in [-0.4, -0.2) is 18.7 Å². The molecule has 0 heterocycles. The van der Waals surface area contributed by atoms with E-state index in [1.165, 1.54) is 12.5 Å². The summed E-state index contributed by atoms with van der Waals surface area (Å²) in [4.78, 5) is 11.0. The monoisotopic (exact) mass is 260 g/mol. The summed E-state index contributed by atoms with van der Waals surface area (Å²) in [6.45, 7) is 2.96. The Balaban J connectivity index is 1.46. The van der Waals surface area contributed by atoms with Gasteiger partial charge in [-0.2, -0.15) is 0 Å². The van der Waals surface area contributed by atoms with E-state index < -0.39 is 0 Å². The molecule has 0 N–H and O–H groups in total. The fourth-order valence-corrected chi connectivity index (χ4v) is 3.36. The molecular formula is C16H20O3. The van der Waals surface area contributed by atoms with Gasteiger partial charge in [0.05, 0.1) is 13.2 Å². The molecule has 19 heavy (non-hydrogen) atoms. The van der Waals surface area contributed by atoms with Gasteiger partial charge in [0.1, 0.15) is 6.10 Å². The van der Waals surface area contributed by atoms with Crippen molar-refractivity contribution in [3.8, 4) is 0 Å². The van der Waals surface area contributed by atoms with Crippen LogP contribution in [0.25, 0.3) is 0 Å². The van der Waals surface area contributed by atoms with Crippen LogP contribution in [0.5, 0.6) is 0 Å². The zero-order valence-corrected chi connectivity index (χ0v) is 11.3. The summed E-state index contributed by atoms with van der Waals surface area (Å²) in [6, 6.07) is 10.2. The molecule has 0 radical (unpaired) electrons. The lowest BCUT2D eigenvalue weighted by atomic mass is 10.1. The van der Waals surface area contributed by atoms with Gasteiger partial charge >= 0.3 is 5.97 Å². The third-order valence-electron chi connectivity index (χ3n) is 4.45. The highest BCUT2D eigenvalue weighted by Crippen LogP contribution is 2.64. The van der Waals surface area contributed by atoms with Gasteiger partial charge in [-0.3, -0.25) is 4.79 Å². The van der Waals surface area contributed by atoms with Gasteiger partial charge in [-0.1, -0.05) is 30.3 Å². The molecule has 0 spiro atoms. The smallest absolute Gasteiger partial charge is 0.302 e. The van der Waals surface area contributed by atoms with E-state index in [2.05, 4.69) is 12.1 Å². The van der Waals surface area contributed by atoms with Gasteiger partial charge in [-0.15, -0.1) is 0 Å². The van der Waals surface area contributed by atoms with Gasteiger partial charge in [0.15, 0.2) is 0 Å². The van der Waals surface area contributed by atoms with Crippen LogP contribution in [0, 0.1) is 11.3 Å². The van der Waals surface area contributed by atoms with Crippen molar-refractivity contribution in [1.82, 2.24) is 0 Å². The Bertz CT molecular complexity index is 456. The van der Waals surface area contributed by atoms with Crippen LogP contribution in [0.4, 0.5) is 0 Å². The Hall–Kier alpha value is -1.35. The van der Waals surface area contributed by atoms with Crippen LogP contribution in [0.1, 0.15) is 31.7 Å². The Labute approximate surface area is 113 Å². The first-order valence-corrected chi connectivity index (χ1v) is 6.98. The highest BCUT2D eigenvalue weighted by Gasteiger charge is 2.62. The molecule has 2 aliphatic rings. The van der Waals surface area contributed by atoms with Crippen molar-refractivity contribution < 1.29 is 14.3 Å². The van der Waals surface area contributed by atoms with Crippen LogP contribution in [0.15, 0.2) is 30.3 Å². The van der Waals surface area contributed by atoms with E-state index in [9.17, 15) is 4.79 Å². The Morgan fingerprint density at radius 2 is 2.16 bits per heavy atom. The lowest BCUT2D eigenvalue weighted by molar-refractivity contribution is -0.147. The molecule has 0 aliphatic heterocycles. The minimum absolute atomic E-state index is 0.137. The number of carbonyl (C=O) groups is 1. The summed E-state index contributed by atoms with van der Waals surface area (Å²) in [5.41, 5.74) is 1.51. The van der Waals surface area contributed by atoms with E-state index in [0.717, 1.165) is 25.9 Å². The van der Waals surface area contributed by atoms with Crippen LogP contribution in [0.3, 0.4) is 0 Å². The molecule has 0 bridgehead atoms. The molecule has 0 saturated heterocycles. The van der Waals surface area contributed by atoms with Gasteiger partial charge < -0.3 is 9.47 Å². The van der Waals surface area contributed by atoms with Crippen molar-refractivity contribution in [2.24, 2.45) is 11.3 Å². The third kappa shape index (κ3) is 2.66. The summed E-state index contributed by atoms with van der Waals surface area (Å²) in [5.74, 6) is 0.380. The molecule has 3 heteroatoms. The molecule has 0 aromatic heterocycles. The minimum atomic E-state index is -0.155. The maximum absolute atomic E-state index is 11.0. The molecule has 3 nitrogen and oxygen atoms in total. The molecule has 0 unspecified atom stereocenters. The molecule has 3 rings (SSSR count). The first kappa shape index (κ1) is 12.7. The van der Waals surface area contributed by atoms with Gasteiger partial charge in [-0.25, -0.2) is 0 Å². The fourth-order valence-electron chi connectivity index (χ4n) is 3.36. The van der Waals surface area contributed by atoms with E-state index in [1.807, 2.05) is 18.2 Å². The van der Waals surface area contributed by atoms with Gasteiger partial charge in [-0.05, 0) is 24.8 Å². The van der Waals surface area contributed by atoms with Crippen molar-refractivity contribution >= 4 is 5.97 Å². The Morgan fingerprint density at radius 1 is 1.37 bits per heavy atom.